The molecule has 0 aliphatic carbocycles. The standard InChI is InChI=1S/C28H38N2O3/c1-32-25-10-8-23(9-11-25)22-4-6-24(7-5-22)28-26-19-29(18-21-12-16-33-17-13-21)14-2-3-15-30(26)27(28)20-31/h4-11,21,26-28,31H,2-3,12-20H2,1H3/t26-,27+,28+/m0/s1. The molecule has 2 aromatic carbocycles. The topological polar surface area (TPSA) is 45.2 Å². The minimum Gasteiger partial charge on any atom is -0.497 e. The van der Waals surface area contributed by atoms with Gasteiger partial charge in [0.15, 0.2) is 0 Å². The molecule has 0 saturated carbocycles. The lowest BCUT2D eigenvalue weighted by atomic mass is 9.74. The van der Waals surface area contributed by atoms with Crippen LogP contribution >= 0.6 is 0 Å². The molecule has 1 N–H and O–H groups in total. The van der Waals surface area contributed by atoms with Gasteiger partial charge in [-0.1, -0.05) is 36.4 Å². The SMILES string of the molecule is COc1ccc(-c2ccc([C@H]3[C@@H](CO)N4CCCCN(CC5CCOCC5)C[C@@H]34)cc2)cc1. The van der Waals surface area contributed by atoms with Crippen molar-refractivity contribution in [3.63, 3.8) is 0 Å². The van der Waals surface area contributed by atoms with Gasteiger partial charge in [0.05, 0.1) is 13.7 Å². The molecule has 0 unspecified atom stereocenters. The van der Waals surface area contributed by atoms with Gasteiger partial charge in [0, 0.05) is 44.3 Å². The van der Waals surface area contributed by atoms with Crippen molar-refractivity contribution in [2.75, 3.05) is 53.1 Å². The quantitative estimate of drug-likeness (QED) is 0.720. The highest BCUT2D eigenvalue weighted by molar-refractivity contribution is 5.64. The van der Waals surface area contributed by atoms with E-state index in [1.807, 2.05) is 12.1 Å². The summed E-state index contributed by atoms with van der Waals surface area (Å²) >= 11 is 0. The molecule has 3 saturated heterocycles. The number of hydrogen-bond acceptors (Lipinski definition) is 5. The number of benzene rings is 2. The van der Waals surface area contributed by atoms with E-state index in [-0.39, 0.29) is 12.6 Å². The first-order valence-electron chi connectivity index (χ1n) is 12.7. The molecule has 178 valence electrons. The maximum Gasteiger partial charge on any atom is 0.118 e. The molecule has 5 nitrogen and oxygen atoms in total. The Morgan fingerprint density at radius 3 is 2.27 bits per heavy atom. The molecule has 3 atom stereocenters. The molecular formula is C28H38N2O3. The minimum atomic E-state index is 0.237. The molecule has 2 aromatic rings. The lowest BCUT2D eigenvalue weighted by Gasteiger charge is -2.57. The van der Waals surface area contributed by atoms with Crippen LogP contribution in [0, 0.1) is 5.92 Å². The van der Waals surface area contributed by atoms with Crippen LogP contribution in [0.1, 0.15) is 37.2 Å². The summed E-state index contributed by atoms with van der Waals surface area (Å²) in [5.41, 5.74) is 3.78. The van der Waals surface area contributed by atoms with Gasteiger partial charge < -0.3 is 19.5 Å². The second-order valence-corrected chi connectivity index (χ2v) is 9.95. The summed E-state index contributed by atoms with van der Waals surface area (Å²) in [5.74, 6) is 2.04. The largest absolute Gasteiger partial charge is 0.497 e. The van der Waals surface area contributed by atoms with E-state index in [1.54, 1.807) is 7.11 Å². The highest BCUT2D eigenvalue weighted by atomic mass is 16.5. The third-order valence-corrected chi connectivity index (χ3v) is 8.03. The molecule has 0 aromatic heterocycles. The maximum absolute atomic E-state index is 10.2. The molecule has 5 rings (SSSR count). The first-order chi connectivity index (χ1) is 16.3. The Hall–Kier alpha value is -1.92. The Kier molecular flexibility index (Phi) is 7.31. The van der Waals surface area contributed by atoms with Crippen molar-refractivity contribution in [3.05, 3.63) is 54.1 Å². The van der Waals surface area contributed by atoms with Gasteiger partial charge in [0.2, 0.25) is 0 Å². The van der Waals surface area contributed by atoms with Crippen molar-refractivity contribution in [1.82, 2.24) is 9.80 Å². The lowest BCUT2D eigenvalue weighted by Crippen LogP contribution is -2.67. The predicted octanol–water partition coefficient (Wildman–Crippen LogP) is 4.01. The maximum atomic E-state index is 10.2. The molecular weight excluding hydrogens is 412 g/mol. The fourth-order valence-electron chi connectivity index (χ4n) is 6.15. The highest BCUT2D eigenvalue weighted by Gasteiger charge is 2.49. The number of methoxy groups -OCH3 is 1. The van der Waals surface area contributed by atoms with E-state index in [0.29, 0.717) is 12.0 Å². The van der Waals surface area contributed by atoms with Crippen molar-refractivity contribution in [1.29, 1.82) is 0 Å². The summed E-state index contributed by atoms with van der Waals surface area (Å²) in [6.07, 6.45) is 4.87. The van der Waals surface area contributed by atoms with Crippen LogP contribution < -0.4 is 4.74 Å². The van der Waals surface area contributed by atoms with E-state index in [4.69, 9.17) is 9.47 Å². The third kappa shape index (κ3) is 4.97. The Morgan fingerprint density at radius 2 is 1.61 bits per heavy atom. The fraction of sp³-hybridized carbons (Fsp3) is 0.571. The number of ether oxygens (including phenoxy) is 2. The normalized spacial score (nSPS) is 27.3. The molecule has 3 aliphatic heterocycles. The van der Waals surface area contributed by atoms with Gasteiger partial charge >= 0.3 is 0 Å². The molecule has 33 heavy (non-hydrogen) atoms. The molecule has 5 heteroatoms. The van der Waals surface area contributed by atoms with Crippen LogP contribution in [0.5, 0.6) is 5.75 Å². The minimum absolute atomic E-state index is 0.237. The predicted molar refractivity (Wildman–Crippen MR) is 132 cm³/mol. The highest BCUT2D eigenvalue weighted by Crippen LogP contribution is 2.42. The van der Waals surface area contributed by atoms with Crippen LogP contribution in [0.2, 0.25) is 0 Å². The molecule has 0 radical (unpaired) electrons. The number of fused-ring (bicyclic) bond motifs is 1. The van der Waals surface area contributed by atoms with Gasteiger partial charge in [-0.15, -0.1) is 0 Å². The van der Waals surface area contributed by atoms with E-state index in [0.717, 1.165) is 38.0 Å². The summed E-state index contributed by atoms with van der Waals surface area (Å²) in [4.78, 5) is 5.29. The van der Waals surface area contributed by atoms with Crippen LogP contribution in [-0.4, -0.2) is 80.1 Å². The van der Waals surface area contributed by atoms with Crippen LogP contribution in [-0.2, 0) is 4.74 Å². The zero-order chi connectivity index (χ0) is 22.6. The fourth-order valence-corrected chi connectivity index (χ4v) is 6.15. The van der Waals surface area contributed by atoms with Gasteiger partial charge in [0.1, 0.15) is 5.75 Å². The summed E-state index contributed by atoms with van der Waals surface area (Å²) in [7, 11) is 1.70. The summed E-state index contributed by atoms with van der Waals surface area (Å²) in [6, 6.07) is 18.0. The Bertz CT molecular complexity index is 879. The first-order valence-corrected chi connectivity index (χ1v) is 12.7. The van der Waals surface area contributed by atoms with E-state index < -0.39 is 0 Å². The number of hydrogen-bond donors (Lipinski definition) is 1. The van der Waals surface area contributed by atoms with Gasteiger partial charge in [-0.25, -0.2) is 0 Å². The monoisotopic (exact) mass is 450 g/mol. The van der Waals surface area contributed by atoms with Gasteiger partial charge in [-0.2, -0.15) is 0 Å². The van der Waals surface area contributed by atoms with Gasteiger partial charge in [0.25, 0.3) is 0 Å². The number of nitrogens with zero attached hydrogens (tertiary/aromatic N) is 2. The van der Waals surface area contributed by atoms with Crippen molar-refractivity contribution in [2.45, 2.75) is 43.7 Å². The lowest BCUT2D eigenvalue weighted by molar-refractivity contribution is -0.0677. The Balaban J connectivity index is 1.31. The summed E-state index contributed by atoms with van der Waals surface area (Å²) in [5, 5.41) is 10.2. The van der Waals surface area contributed by atoms with E-state index >= 15 is 0 Å². The van der Waals surface area contributed by atoms with Crippen LogP contribution in [0.15, 0.2) is 48.5 Å². The van der Waals surface area contributed by atoms with Crippen LogP contribution in [0.4, 0.5) is 0 Å². The van der Waals surface area contributed by atoms with Crippen molar-refractivity contribution >= 4 is 0 Å². The zero-order valence-electron chi connectivity index (χ0n) is 19.9. The average Bonchev–Trinajstić information content (AvgIpc) is 2.85. The van der Waals surface area contributed by atoms with Crippen molar-refractivity contribution in [3.8, 4) is 16.9 Å². The average molecular weight is 451 g/mol. The van der Waals surface area contributed by atoms with Crippen LogP contribution in [0.25, 0.3) is 11.1 Å². The number of aliphatic hydroxyl groups is 1. The molecule has 0 amide bonds. The third-order valence-electron chi connectivity index (χ3n) is 8.03. The second-order valence-electron chi connectivity index (χ2n) is 9.95. The zero-order valence-corrected chi connectivity index (χ0v) is 19.9. The number of rotatable bonds is 6. The Labute approximate surface area is 198 Å². The van der Waals surface area contributed by atoms with E-state index in [2.05, 4.69) is 46.2 Å². The number of aliphatic hydroxyl groups excluding tert-OH is 1. The second kappa shape index (κ2) is 10.6. The van der Waals surface area contributed by atoms with Gasteiger partial charge in [-0.3, -0.25) is 4.90 Å². The summed E-state index contributed by atoms with van der Waals surface area (Å²) in [6.45, 7) is 6.70. The Morgan fingerprint density at radius 1 is 0.939 bits per heavy atom. The summed E-state index contributed by atoms with van der Waals surface area (Å²) < 4.78 is 10.9. The smallest absolute Gasteiger partial charge is 0.118 e. The molecule has 0 bridgehead atoms. The van der Waals surface area contributed by atoms with Crippen molar-refractivity contribution in [2.24, 2.45) is 5.92 Å². The first kappa shape index (κ1) is 22.9. The van der Waals surface area contributed by atoms with Crippen LogP contribution in [0.3, 0.4) is 0 Å². The van der Waals surface area contributed by atoms with E-state index in [9.17, 15) is 5.11 Å². The molecule has 3 aliphatic rings. The van der Waals surface area contributed by atoms with E-state index in [1.165, 1.54) is 55.5 Å². The molecule has 3 heterocycles. The van der Waals surface area contributed by atoms with Crippen molar-refractivity contribution < 1.29 is 14.6 Å². The molecule has 3 fully saturated rings. The molecule has 0 spiro atoms. The van der Waals surface area contributed by atoms with Gasteiger partial charge in [-0.05, 0) is 73.5 Å².